The van der Waals surface area contributed by atoms with Crippen LogP contribution in [0.2, 0.25) is 0 Å². The molecule has 2 N–H and O–H groups in total. The molecule has 5 nitrogen and oxygen atoms in total. The van der Waals surface area contributed by atoms with Crippen molar-refractivity contribution in [1.82, 2.24) is 9.97 Å². The second kappa shape index (κ2) is 6.27. The fraction of sp³-hybridized carbons (Fsp3) is 0.636. The number of ether oxygens (including phenoxy) is 1. The van der Waals surface area contributed by atoms with E-state index in [0.29, 0.717) is 24.3 Å². The lowest BCUT2D eigenvalue weighted by atomic mass is 10.2. The zero-order chi connectivity index (χ0) is 12.0. The zero-order valence-corrected chi connectivity index (χ0v) is 10.2. The van der Waals surface area contributed by atoms with E-state index >= 15 is 0 Å². The maximum Gasteiger partial charge on any atom is 0.227 e. The number of nitrogens with zero attached hydrogens (tertiary/aromatic N) is 3. The van der Waals surface area contributed by atoms with Crippen molar-refractivity contribution in [2.75, 3.05) is 37.4 Å². The summed E-state index contributed by atoms with van der Waals surface area (Å²) in [6.07, 6.45) is 1.68. The lowest BCUT2D eigenvalue weighted by Crippen LogP contribution is -2.32. The molecule has 0 aliphatic carbocycles. The zero-order valence-electron chi connectivity index (χ0n) is 10.2. The molecule has 1 aromatic rings. The molecule has 1 heterocycles. The average molecular weight is 224 g/mol. The molecule has 1 rings (SSSR count). The molecule has 0 aromatic carbocycles. The van der Waals surface area contributed by atoms with Gasteiger partial charge in [0.15, 0.2) is 0 Å². The fourth-order valence-electron chi connectivity index (χ4n) is 1.43. The van der Waals surface area contributed by atoms with Gasteiger partial charge in [-0.3, -0.25) is 0 Å². The van der Waals surface area contributed by atoms with Crippen LogP contribution in [0.15, 0.2) is 12.3 Å². The Labute approximate surface area is 96.6 Å². The molecule has 0 aliphatic heterocycles. The van der Waals surface area contributed by atoms with Crippen molar-refractivity contribution in [3.05, 3.63) is 12.3 Å². The SMILES string of the molecule is COCCN(CC(C)C)c1nccc(N)n1. The first-order chi connectivity index (χ1) is 7.63. The molecule has 0 aliphatic rings. The van der Waals surface area contributed by atoms with Crippen molar-refractivity contribution in [1.29, 1.82) is 0 Å². The van der Waals surface area contributed by atoms with E-state index in [0.717, 1.165) is 13.1 Å². The number of methoxy groups -OCH3 is 1. The van der Waals surface area contributed by atoms with Gasteiger partial charge in [-0.2, -0.15) is 4.98 Å². The number of rotatable bonds is 6. The van der Waals surface area contributed by atoms with Crippen molar-refractivity contribution in [2.45, 2.75) is 13.8 Å². The highest BCUT2D eigenvalue weighted by atomic mass is 16.5. The minimum absolute atomic E-state index is 0.496. The summed E-state index contributed by atoms with van der Waals surface area (Å²) in [4.78, 5) is 10.5. The van der Waals surface area contributed by atoms with Gasteiger partial charge in [0, 0.05) is 26.4 Å². The van der Waals surface area contributed by atoms with Crippen LogP contribution in [-0.4, -0.2) is 36.8 Å². The highest BCUT2D eigenvalue weighted by Gasteiger charge is 2.11. The molecule has 0 amide bonds. The minimum Gasteiger partial charge on any atom is -0.384 e. The molecular weight excluding hydrogens is 204 g/mol. The molecule has 0 spiro atoms. The van der Waals surface area contributed by atoms with Crippen molar-refractivity contribution in [3.63, 3.8) is 0 Å². The van der Waals surface area contributed by atoms with Crippen molar-refractivity contribution in [2.24, 2.45) is 5.92 Å². The summed E-state index contributed by atoms with van der Waals surface area (Å²) >= 11 is 0. The average Bonchev–Trinajstić information content (AvgIpc) is 2.23. The van der Waals surface area contributed by atoms with Gasteiger partial charge in [0.2, 0.25) is 5.95 Å². The summed E-state index contributed by atoms with van der Waals surface area (Å²) < 4.78 is 5.08. The largest absolute Gasteiger partial charge is 0.384 e. The van der Waals surface area contributed by atoms with E-state index in [1.54, 1.807) is 19.4 Å². The Morgan fingerprint density at radius 1 is 1.50 bits per heavy atom. The summed E-state index contributed by atoms with van der Waals surface area (Å²) in [5, 5.41) is 0. The van der Waals surface area contributed by atoms with Crippen LogP contribution in [0.5, 0.6) is 0 Å². The number of aromatic nitrogens is 2. The van der Waals surface area contributed by atoms with Crippen LogP contribution in [0.4, 0.5) is 11.8 Å². The van der Waals surface area contributed by atoms with Crippen LogP contribution in [0.1, 0.15) is 13.8 Å². The van der Waals surface area contributed by atoms with Crippen molar-refractivity contribution >= 4 is 11.8 Å². The highest BCUT2D eigenvalue weighted by Crippen LogP contribution is 2.10. The number of hydrogen-bond donors (Lipinski definition) is 1. The van der Waals surface area contributed by atoms with Crippen molar-refractivity contribution in [3.8, 4) is 0 Å². The molecule has 0 unspecified atom stereocenters. The molecule has 0 bridgehead atoms. The van der Waals surface area contributed by atoms with Crippen LogP contribution in [0.25, 0.3) is 0 Å². The maximum absolute atomic E-state index is 5.65. The molecule has 16 heavy (non-hydrogen) atoms. The quantitative estimate of drug-likeness (QED) is 0.785. The Kier molecular flexibility index (Phi) is 4.98. The van der Waals surface area contributed by atoms with Crippen molar-refractivity contribution < 1.29 is 4.74 Å². The monoisotopic (exact) mass is 224 g/mol. The van der Waals surface area contributed by atoms with E-state index in [-0.39, 0.29) is 0 Å². The third kappa shape index (κ3) is 4.02. The van der Waals surface area contributed by atoms with E-state index in [1.165, 1.54) is 0 Å². The lowest BCUT2D eigenvalue weighted by molar-refractivity contribution is 0.204. The Morgan fingerprint density at radius 2 is 2.25 bits per heavy atom. The molecule has 1 aromatic heterocycles. The van der Waals surface area contributed by atoms with Crippen LogP contribution in [0.3, 0.4) is 0 Å². The number of nitrogens with two attached hydrogens (primary N) is 1. The summed E-state index contributed by atoms with van der Waals surface area (Å²) in [6, 6.07) is 1.69. The molecule has 0 saturated carbocycles. The summed E-state index contributed by atoms with van der Waals surface area (Å²) in [7, 11) is 1.69. The minimum atomic E-state index is 0.496. The van der Waals surface area contributed by atoms with E-state index < -0.39 is 0 Å². The van der Waals surface area contributed by atoms with Gasteiger partial charge in [0.25, 0.3) is 0 Å². The number of nitrogen functional groups attached to an aromatic ring is 1. The highest BCUT2D eigenvalue weighted by molar-refractivity contribution is 5.37. The topological polar surface area (TPSA) is 64.3 Å². The summed E-state index contributed by atoms with van der Waals surface area (Å²) in [6.45, 7) is 6.65. The van der Waals surface area contributed by atoms with Crippen LogP contribution < -0.4 is 10.6 Å². The Morgan fingerprint density at radius 3 is 2.81 bits per heavy atom. The molecule has 90 valence electrons. The fourth-order valence-corrected chi connectivity index (χ4v) is 1.43. The predicted molar refractivity (Wildman–Crippen MR) is 65.4 cm³/mol. The van der Waals surface area contributed by atoms with Gasteiger partial charge in [0.05, 0.1) is 6.61 Å². The molecule has 0 atom stereocenters. The Bertz CT molecular complexity index is 317. The molecule has 5 heteroatoms. The van der Waals surface area contributed by atoms with Crippen LogP contribution >= 0.6 is 0 Å². The third-order valence-corrected chi connectivity index (χ3v) is 2.10. The normalized spacial score (nSPS) is 10.8. The van der Waals surface area contributed by atoms with Gasteiger partial charge < -0.3 is 15.4 Å². The van der Waals surface area contributed by atoms with Gasteiger partial charge in [-0.1, -0.05) is 13.8 Å². The predicted octanol–water partition coefficient (Wildman–Crippen LogP) is 1.17. The van der Waals surface area contributed by atoms with E-state index in [9.17, 15) is 0 Å². The first-order valence-corrected chi connectivity index (χ1v) is 5.46. The van der Waals surface area contributed by atoms with Crippen LogP contribution in [-0.2, 0) is 4.74 Å². The first-order valence-electron chi connectivity index (χ1n) is 5.46. The third-order valence-electron chi connectivity index (χ3n) is 2.10. The smallest absolute Gasteiger partial charge is 0.227 e. The Balaban J connectivity index is 2.74. The second-order valence-corrected chi connectivity index (χ2v) is 4.11. The van der Waals surface area contributed by atoms with E-state index in [2.05, 4.69) is 28.7 Å². The van der Waals surface area contributed by atoms with Gasteiger partial charge in [-0.05, 0) is 12.0 Å². The van der Waals surface area contributed by atoms with E-state index in [1.807, 2.05) is 0 Å². The van der Waals surface area contributed by atoms with Gasteiger partial charge >= 0.3 is 0 Å². The van der Waals surface area contributed by atoms with Gasteiger partial charge in [-0.15, -0.1) is 0 Å². The van der Waals surface area contributed by atoms with E-state index in [4.69, 9.17) is 10.5 Å². The summed E-state index contributed by atoms with van der Waals surface area (Å²) in [5.74, 6) is 1.71. The molecule has 0 saturated heterocycles. The number of hydrogen-bond acceptors (Lipinski definition) is 5. The summed E-state index contributed by atoms with van der Waals surface area (Å²) in [5.41, 5.74) is 5.65. The van der Waals surface area contributed by atoms with Gasteiger partial charge in [-0.25, -0.2) is 4.98 Å². The first kappa shape index (κ1) is 12.7. The number of anilines is 2. The lowest BCUT2D eigenvalue weighted by Gasteiger charge is -2.24. The second-order valence-electron chi connectivity index (χ2n) is 4.11. The molecule has 0 fully saturated rings. The standard InChI is InChI=1S/C11H20N4O/c1-9(2)8-15(6-7-16-3)11-13-5-4-10(12)14-11/h4-5,9H,6-8H2,1-3H3,(H2,12,13,14). The maximum atomic E-state index is 5.65. The molecular formula is C11H20N4O. The Hall–Kier alpha value is -1.36. The van der Waals surface area contributed by atoms with Crippen LogP contribution in [0, 0.1) is 5.92 Å². The van der Waals surface area contributed by atoms with Gasteiger partial charge in [0.1, 0.15) is 5.82 Å². The molecule has 0 radical (unpaired) electrons.